The van der Waals surface area contributed by atoms with Crippen LogP contribution in [0.25, 0.3) is 0 Å². The minimum Gasteiger partial charge on any atom is -0.382 e. The highest BCUT2D eigenvalue weighted by Gasteiger charge is 2.15. The number of rotatable bonds is 6. The van der Waals surface area contributed by atoms with Crippen molar-refractivity contribution in [2.75, 3.05) is 13.7 Å². The van der Waals surface area contributed by atoms with Gasteiger partial charge in [0.05, 0.1) is 6.10 Å². The first kappa shape index (κ1) is 14.1. The Bertz CT molecular complexity index is 337. The van der Waals surface area contributed by atoms with Crippen molar-refractivity contribution in [3.8, 4) is 0 Å². The van der Waals surface area contributed by atoms with Crippen molar-refractivity contribution < 1.29 is 13.5 Å². The molecule has 0 bridgehead atoms. The molecule has 0 aliphatic carbocycles. The van der Waals surface area contributed by atoms with Gasteiger partial charge in [-0.3, -0.25) is 0 Å². The van der Waals surface area contributed by atoms with Gasteiger partial charge in [-0.15, -0.1) is 0 Å². The van der Waals surface area contributed by atoms with Crippen LogP contribution in [0.15, 0.2) is 18.2 Å². The Morgan fingerprint density at radius 2 is 1.82 bits per heavy atom. The van der Waals surface area contributed by atoms with Gasteiger partial charge in [0.1, 0.15) is 11.6 Å². The Morgan fingerprint density at radius 1 is 1.24 bits per heavy atom. The molecule has 1 rings (SSSR count). The zero-order valence-corrected chi connectivity index (χ0v) is 10.5. The molecule has 2 atom stereocenters. The zero-order valence-electron chi connectivity index (χ0n) is 10.5. The molecular formula is C13H19F2NO. The molecule has 0 radical (unpaired) electrons. The van der Waals surface area contributed by atoms with Gasteiger partial charge in [0.25, 0.3) is 0 Å². The van der Waals surface area contributed by atoms with E-state index in [1.807, 2.05) is 13.8 Å². The third-order valence-electron chi connectivity index (χ3n) is 2.71. The maximum absolute atomic E-state index is 13.1. The lowest BCUT2D eigenvalue weighted by Gasteiger charge is -2.21. The number of nitrogens with one attached hydrogen (secondary N) is 1. The van der Waals surface area contributed by atoms with Crippen LogP contribution in [0.5, 0.6) is 0 Å². The molecule has 1 aromatic rings. The number of hydrogen-bond acceptors (Lipinski definition) is 2. The number of hydrogen-bond donors (Lipinski definition) is 1. The first-order valence-electron chi connectivity index (χ1n) is 5.79. The molecule has 1 aromatic carbocycles. The molecule has 0 aliphatic heterocycles. The summed E-state index contributed by atoms with van der Waals surface area (Å²) in [6, 6.07) is 3.50. The third kappa shape index (κ3) is 4.40. The van der Waals surface area contributed by atoms with E-state index < -0.39 is 11.6 Å². The largest absolute Gasteiger partial charge is 0.382 e. The maximum atomic E-state index is 13.1. The van der Waals surface area contributed by atoms with E-state index in [1.165, 1.54) is 12.1 Å². The summed E-state index contributed by atoms with van der Waals surface area (Å²) in [5, 5.41) is 3.21. The van der Waals surface area contributed by atoms with Crippen LogP contribution in [0, 0.1) is 11.6 Å². The van der Waals surface area contributed by atoms with Gasteiger partial charge in [0.2, 0.25) is 0 Å². The van der Waals surface area contributed by atoms with Crippen LogP contribution in [-0.4, -0.2) is 19.8 Å². The number of halogens is 2. The van der Waals surface area contributed by atoms with Crippen LogP contribution >= 0.6 is 0 Å². The maximum Gasteiger partial charge on any atom is 0.126 e. The standard InChI is InChI=1S/C13H19F2NO/c1-4-16-13(5-9(2)17-3)10-6-11(14)8-12(15)7-10/h6-9,13,16H,4-5H2,1-3H3. The smallest absolute Gasteiger partial charge is 0.126 e. The summed E-state index contributed by atoms with van der Waals surface area (Å²) in [5.74, 6) is -1.10. The molecule has 0 saturated heterocycles. The second-order valence-corrected chi connectivity index (χ2v) is 4.10. The summed E-state index contributed by atoms with van der Waals surface area (Å²) in [6.45, 7) is 4.62. The van der Waals surface area contributed by atoms with E-state index in [-0.39, 0.29) is 12.1 Å². The van der Waals surface area contributed by atoms with E-state index >= 15 is 0 Å². The van der Waals surface area contributed by atoms with E-state index in [9.17, 15) is 8.78 Å². The molecule has 96 valence electrons. The SMILES string of the molecule is CCNC(CC(C)OC)c1cc(F)cc(F)c1. The van der Waals surface area contributed by atoms with Gasteiger partial charge in [0.15, 0.2) is 0 Å². The van der Waals surface area contributed by atoms with Crippen molar-refractivity contribution in [2.24, 2.45) is 0 Å². The molecule has 17 heavy (non-hydrogen) atoms. The zero-order chi connectivity index (χ0) is 12.8. The molecule has 2 unspecified atom stereocenters. The average molecular weight is 243 g/mol. The molecule has 0 spiro atoms. The normalized spacial score (nSPS) is 14.6. The van der Waals surface area contributed by atoms with Crippen LogP contribution in [0.2, 0.25) is 0 Å². The molecule has 4 heteroatoms. The molecule has 0 amide bonds. The Balaban J connectivity index is 2.88. The van der Waals surface area contributed by atoms with Crippen molar-refractivity contribution >= 4 is 0 Å². The fourth-order valence-corrected chi connectivity index (χ4v) is 1.79. The lowest BCUT2D eigenvalue weighted by molar-refractivity contribution is 0.100. The summed E-state index contributed by atoms with van der Waals surface area (Å²) in [6.07, 6.45) is 0.707. The van der Waals surface area contributed by atoms with Gasteiger partial charge in [-0.1, -0.05) is 6.92 Å². The number of ether oxygens (including phenoxy) is 1. The average Bonchev–Trinajstić information content (AvgIpc) is 2.27. The molecule has 2 nitrogen and oxygen atoms in total. The van der Waals surface area contributed by atoms with E-state index in [2.05, 4.69) is 5.32 Å². The van der Waals surface area contributed by atoms with Crippen molar-refractivity contribution in [3.63, 3.8) is 0 Å². The van der Waals surface area contributed by atoms with Crippen LogP contribution in [0.1, 0.15) is 31.9 Å². The highest BCUT2D eigenvalue weighted by molar-refractivity contribution is 5.21. The van der Waals surface area contributed by atoms with E-state index in [0.29, 0.717) is 12.0 Å². The third-order valence-corrected chi connectivity index (χ3v) is 2.71. The summed E-state index contributed by atoms with van der Waals surface area (Å²) in [7, 11) is 1.62. The van der Waals surface area contributed by atoms with Crippen molar-refractivity contribution in [1.29, 1.82) is 0 Å². The Morgan fingerprint density at radius 3 is 2.29 bits per heavy atom. The summed E-state index contributed by atoms with van der Waals surface area (Å²) in [4.78, 5) is 0. The lowest BCUT2D eigenvalue weighted by Crippen LogP contribution is -2.25. The van der Waals surface area contributed by atoms with Crippen molar-refractivity contribution in [1.82, 2.24) is 5.32 Å². The number of benzene rings is 1. The summed E-state index contributed by atoms with van der Waals surface area (Å²) >= 11 is 0. The fourth-order valence-electron chi connectivity index (χ4n) is 1.79. The van der Waals surface area contributed by atoms with Crippen molar-refractivity contribution in [2.45, 2.75) is 32.4 Å². The van der Waals surface area contributed by atoms with Crippen LogP contribution in [0.3, 0.4) is 0 Å². The topological polar surface area (TPSA) is 21.3 Å². The van der Waals surface area contributed by atoms with E-state index in [1.54, 1.807) is 7.11 Å². The molecular weight excluding hydrogens is 224 g/mol. The minimum atomic E-state index is -0.548. The van der Waals surface area contributed by atoms with Crippen LogP contribution in [-0.2, 0) is 4.74 Å². The van der Waals surface area contributed by atoms with E-state index in [4.69, 9.17) is 4.74 Å². The van der Waals surface area contributed by atoms with Gasteiger partial charge in [-0.05, 0) is 37.6 Å². The van der Waals surface area contributed by atoms with Crippen LogP contribution in [0.4, 0.5) is 8.78 Å². The predicted molar refractivity (Wildman–Crippen MR) is 63.9 cm³/mol. The number of methoxy groups -OCH3 is 1. The fraction of sp³-hybridized carbons (Fsp3) is 0.538. The van der Waals surface area contributed by atoms with Gasteiger partial charge < -0.3 is 10.1 Å². The van der Waals surface area contributed by atoms with Crippen molar-refractivity contribution in [3.05, 3.63) is 35.4 Å². The molecule has 0 heterocycles. The highest BCUT2D eigenvalue weighted by atomic mass is 19.1. The second-order valence-electron chi connectivity index (χ2n) is 4.10. The first-order valence-corrected chi connectivity index (χ1v) is 5.79. The first-order chi connectivity index (χ1) is 8.06. The van der Waals surface area contributed by atoms with Gasteiger partial charge in [-0.25, -0.2) is 8.78 Å². The molecule has 0 aromatic heterocycles. The molecule has 0 aliphatic rings. The molecule has 0 saturated carbocycles. The van der Waals surface area contributed by atoms with Gasteiger partial charge >= 0.3 is 0 Å². The van der Waals surface area contributed by atoms with E-state index in [0.717, 1.165) is 12.6 Å². The molecule has 0 fully saturated rings. The summed E-state index contributed by atoms with van der Waals surface area (Å²) < 4.78 is 31.5. The summed E-state index contributed by atoms with van der Waals surface area (Å²) in [5.41, 5.74) is 0.619. The van der Waals surface area contributed by atoms with Crippen LogP contribution < -0.4 is 5.32 Å². The predicted octanol–water partition coefficient (Wildman–Crippen LogP) is 3.04. The van der Waals surface area contributed by atoms with Gasteiger partial charge in [-0.2, -0.15) is 0 Å². The quantitative estimate of drug-likeness (QED) is 0.829. The Hall–Kier alpha value is -1.00. The highest BCUT2D eigenvalue weighted by Crippen LogP contribution is 2.21. The molecule has 1 N–H and O–H groups in total. The lowest BCUT2D eigenvalue weighted by atomic mass is 10.0. The second kappa shape index (κ2) is 6.67. The van der Waals surface area contributed by atoms with Gasteiger partial charge in [0, 0.05) is 19.2 Å². The Labute approximate surface area is 101 Å². The monoisotopic (exact) mass is 243 g/mol. The Kier molecular flexibility index (Phi) is 5.51. The minimum absolute atomic E-state index is 0.0328.